The third-order valence-corrected chi connectivity index (χ3v) is 4.98. The van der Waals surface area contributed by atoms with Crippen LogP contribution in [0.3, 0.4) is 0 Å². The topological polar surface area (TPSA) is 71.4 Å². The molecule has 4 nitrogen and oxygen atoms in total. The largest absolute Gasteiger partial charge is 0.294 e. The molecule has 0 aromatic heterocycles. The van der Waals surface area contributed by atoms with Gasteiger partial charge in [-0.15, -0.1) is 0 Å². The third kappa shape index (κ3) is 2.78. The van der Waals surface area contributed by atoms with Crippen LogP contribution in [-0.4, -0.2) is 18.8 Å². The van der Waals surface area contributed by atoms with E-state index < -0.39 is 10.1 Å². The summed E-state index contributed by atoms with van der Waals surface area (Å²) < 4.78 is 31.3. The first kappa shape index (κ1) is 14.1. The molecular formula is C15H10O4S2. The molecule has 0 saturated heterocycles. The van der Waals surface area contributed by atoms with Gasteiger partial charge in [0.05, 0.1) is 9.80 Å². The maximum absolute atomic E-state index is 12.2. The Labute approximate surface area is 126 Å². The molecular weight excluding hydrogens is 308 g/mol. The molecule has 6 heteroatoms. The van der Waals surface area contributed by atoms with E-state index in [0.717, 1.165) is 4.90 Å². The van der Waals surface area contributed by atoms with Crippen molar-refractivity contribution in [1.29, 1.82) is 0 Å². The highest BCUT2D eigenvalue weighted by atomic mass is 32.2. The Morgan fingerprint density at radius 1 is 1.05 bits per heavy atom. The first-order chi connectivity index (χ1) is 9.95. The van der Waals surface area contributed by atoms with E-state index in [1.54, 1.807) is 24.3 Å². The average molecular weight is 318 g/mol. The summed E-state index contributed by atoms with van der Waals surface area (Å²) in [5.41, 5.74) is 1.20. The smallest absolute Gasteiger partial charge is 0.288 e. The normalized spacial score (nSPS) is 16.2. The highest BCUT2D eigenvalue weighted by Crippen LogP contribution is 2.40. The second-order valence-electron chi connectivity index (χ2n) is 4.48. The quantitative estimate of drug-likeness (QED) is 0.680. The summed E-state index contributed by atoms with van der Waals surface area (Å²) in [7, 11) is -4.25. The highest BCUT2D eigenvalue weighted by Gasteiger charge is 2.25. The molecule has 0 radical (unpaired) electrons. The maximum atomic E-state index is 12.2. The summed E-state index contributed by atoms with van der Waals surface area (Å²) in [4.78, 5) is 13.5. The molecule has 0 fully saturated rings. The minimum absolute atomic E-state index is 0.0761. The first-order valence-corrected chi connectivity index (χ1v) is 8.32. The molecule has 106 valence electrons. The zero-order valence-corrected chi connectivity index (χ0v) is 12.3. The van der Waals surface area contributed by atoms with Gasteiger partial charge in [-0.25, -0.2) is 0 Å². The van der Waals surface area contributed by atoms with Gasteiger partial charge in [0.15, 0.2) is 0 Å². The van der Waals surface area contributed by atoms with Crippen molar-refractivity contribution in [2.45, 2.75) is 9.79 Å². The molecule has 0 unspecified atom stereocenters. The van der Waals surface area contributed by atoms with Crippen molar-refractivity contribution in [2.24, 2.45) is 0 Å². The number of thioether (sulfide) groups is 1. The fraction of sp³-hybridized carbons (Fsp3) is 0. The van der Waals surface area contributed by atoms with Crippen LogP contribution in [0.25, 0.3) is 6.08 Å². The van der Waals surface area contributed by atoms with Crippen molar-refractivity contribution in [3.63, 3.8) is 0 Å². The Morgan fingerprint density at radius 3 is 2.52 bits per heavy atom. The number of carbonyl (C=O) groups is 1. The number of hydrogen-bond donors (Lipinski definition) is 1. The number of carbonyl (C=O) groups excluding carboxylic acids is 1. The van der Waals surface area contributed by atoms with E-state index in [1.165, 1.54) is 30.0 Å². The molecule has 21 heavy (non-hydrogen) atoms. The Morgan fingerprint density at radius 2 is 1.81 bits per heavy atom. The van der Waals surface area contributed by atoms with Crippen LogP contribution in [0.1, 0.15) is 15.9 Å². The lowest BCUT2D eigenvalue weighted by Crippen LogP contribution is -1.98. The molecule has 0 amide bonds. The second kappa shape index (κ2) is 5.14. The number of rotatable bonds is 2. The molecule has 0 spiro atoms. The Bertz CT molecular complexity index is 867. The third-order valence-electron chi connectivity index (χ3n) is 3.03. The first-order valence-electron chi connectivity index (χ1n) is 6.06. The van der Waals surface area contributed by atoms with Gasteiger partial charge in [-0.05, 0) is 35.9 Å². The summed E-state index contributed by atoms with van der Waals surface area (Å²) in [6.07, 6.45) is 1.63. The number of hydrogen-bond acceptors (Lipinski definition) is 4. The van der Waals surface area contributed by atoms with E-state index in [2.05, 4.69) is 0 Å². The number of ketones is 1. The average Bonchev–Trinajstić information content (AvgIpc) is 2.75. The van der Waals surface area contributed by atoms with Gasteiger partial charge < -0.3 is 0 Å². The van der Waals surface area contributed by atoms with E-state index in [4.69, 9.17) is 4.55 Å². The monoisotopic (exact) mass is 318 g/mol. The SMILES string of the molecule is O=C1/C(=C/c2cccc(S(=O)(=O)O)c2)Sc2ccccc21. The predicted molar refractivity (Wildman–Crippen MR) is 80.9 cm³/mol. The molecule has 2 aromatic rings. The van der Waals surface area contributed by atoms with Crippen molar-refractivity contribution in [3.8, 4) is 0 Å². The van der Waals surface area contributed by atoms with Gasteiger partial charge in [-0.3, -0.25) is 9.35 Å². The summed E-state index contributed by atoms with van der Waals surface area (Å²) in [5.74, 6) is -0.0761. The van der Waals surface area contributed by atoms with Gasteiger partial charge in [0.25, 0.3) is 10.1 Å². The van der Waals surface area contributed by atoms with Crippen LogP contribution >= 0.6 is 11.8 Å². The zero-order valence-electron chi connectivity index (χ0n) is 10.7. The molecule has 0 aliphatic carbocycles. The lowest BCUT2D eigenvalue weighted by atomic mass is 10.1. The Hall–Kier alpha value is -1.89. The minimum Gasteiger partial charge on any atom is -0.288 e. The molecule has 1 aliphatic heterocycles. The standard InChI is InChI=1S/C15H10O4S2/c16-15-12-6-1-2-7-13(12)20-14(15)9-10-4-3-5-11(8-10)21(17,18)19/h1-9H,(H,17,18,19)/b14-9-. The maximum Gasteiger partial charge on any atom is 0.294 e. The summed E-state index contributed by atoms with van der Waals surface area (Å²) in [6.45, 7) is 0. The van der Waals surface area contributed by atoms with Gasteiger partial charge in [-0.1, -0.05) is 36.0 Å². The van der Waals surface area contributed by atoms with E-state index in [0.29, 0.717) is 16.0 Å². The van der Waals surface area contributed by atoms with Gasteiger partial charge >= 0.3 is 0 Å². The molecule has 1 N–H and O–H groups in total. The highest BCUT2D eigenvalue weighted by molar-refractivity contribution is 8.04. The molecule has 3 rings (SSSR count). The van der Waals surface area contributed by atoms with Crippen LogP contribution in [0.15, 0.2) is 63.2 Å². The Kier molecular flexibility index (Phi) is 3.44. The second-order valence-corrected chi connectivity index (χ2v) is 6.99. The summed E-state index contributed by atoms with van der Waals surface area (Å²) >= 11 is 1.35. The van der Waals surface area contributed by atoms with Gasteiger partial charge in [0, 0.05) is 10.5 Å². The lowest BCUT2D eigenvalue weighted by molar-refractivity contribution is 0.104. The van der Waals surface area contributed by atoms with Crippen LogP contribution < -0.4 is 0 Å². The number of fused-ring (bicyclic) bond motifs is 1. The molecule has 1 heterocycles. The van der Waals surface area contributed by atoms with Gasteiger partial charge in [-0.2, -0.15) is 8.42 Å². The van der Waals surface area contributed by atoms with Crippen molar-refractivity contribution < 1.29 is 17.8 Å². The van der Waals surface area contributed by atoms with Crippen LogP contribution in [0.5, 0.6) is 0 Å². The lowest BCUT2D eigenvalue weighted by Gasteiger charge is -2.00. The summed E-state index contributed by atoms with van der Waals surface area (Å²) in [6, 6.07) is 13.1. The van der Waals surface area contributed by atoms with E-state index in [9.17, 15) is 13.2 Å². The minimum atomic E-state index is -4.25. The van der Waals surface area contributed by atoms with Crippen molar-refractivity contribution in [1.82, 2.24) is 0 Å². The molecule has 0 atom stereocenters. The zero-order chi connectivity index (χ0) is 15.0. The predicted octanol–water partition coefficient (Wildman–Crippen LogP) is 3.26. The van der Waals surface area contributed by atoms with Gasteiger partial charge in [0.1, 0.15) is 0 Å². The fourth-order valence-corrected chi connectivity index (χ4v) is 3.64. The van der Waals surface area contributed by atoms with E-state index in [-0.39, 0.29) is 10.7 Å². The van der Waals surface area contributed by atoms with Crippen molar-refractivity contribution in [3.05, 3.63) is 64.6 Å². The molecule has 0 bridgehead atoms. The number of Topliss-reactive ketones (excluding diaryl/α,β-unsaturated/α-hetero) is 1. The van der Waals surface area contributed by atoms with Crippen LogP contribution in [0.4, 0.5) is 0 Å². The van der Waals surface area contributed by atoms with Crippen molar-refractivity contribution in [2.75, 3.05) is 0 Å². The van der Waals surface area contributed by atoms with Gasteiger partial charge in [0.2, 0.25) is 5.78 Å². The molecule has 2 aromatic carbocycles. The Balaban J connectivity index is 2.00. The number of benzene rings is 2. The van der Waals surface area contributed by atoms with E-state index in [1.807, 2.05) is 12.1 Å². The van der Waals surface area contributed by atoms with Crippen LogP contribution in [0.2, 0.25) is 0 Å². The molecule has 0 saturated carbocycles. The van der Waals surface area contributed by atoms with Crippen LogP contribution in [0, 0.1) is 0 Å². The van der Waals surface area contributed by atoms with Crippen LogP contribution in [-0.2, 0) is 10.1 Å². The number of allylic oxidation sites excluding steroid dienone is 1. The van der Waals surface area contributed by atoms with Crippen molar-refractivity contribution >= 4 is 33.7 Å². The molecule has 1 aliphatic rings. The van der Waals surface area contributed by atoms with E-state index >= 15 is 0 Å². The summed E-state index contributed by atoms with van der Waals surface area (Å²) in [5, 5.41) is 0. The fourth-order valence-electron chi connectivity index (χ4n) is 2.05.